The Balaban J connectivity index is 1.70. The molecule has 0 aromatic heterocycles. The number of hydrogen-bond acceptors (Lipinski definition) is 3. The fourth-order valence-corrected chi connectivity index (χ4v) is 10.5. The maximum atomic E-state index is 6.44. The molecule has 0 heterocycles. The molecule has 0 aromatic carbocycles. The Labute approximate surface area is 146 Å². The minimum Gasteiger partial charge on any atom is -0.415 e. The third kappa shape index (κ3) is 7.82. The lowest BCUT2D eigenvalue weighted by molar-refractivity contribution is 0.139. The van der Waals surface area contributed by atoms with E-state index in [1.165, 1.54) is 64.2 Å². The molecule has 2 aliphatic rings. The molecule has 2 rings (SSSR count). The van der Waals surface area contributed by atoms with E-state index in [9.17, 15) is 0 Å². The summed E-state index contributed by atoms with van der Waals surface area (Å²) in [6.07, 6.45) is 13.7. The Kier molecular flexibility index (Phi) is 7.80. The van der Waals surface area contributed by atoms with E-state index in [4.69, 9.17) is 13.0 Å². The van der Waals surface area contributed by atoms with Crippen LogP contribution >= 0.6 is 0 Å². The van der Waals surface area contributed by atoms with Gasteiger partial charge in [0.15, 0.2) is 0 Å². The van der Waals surface area contributed by atoms with E-state index in [0.29, 0.717) is 0 Å². The topological polar surface area (TPSA) is 27.7 Å². The predicted molar refractivity (Wildman–Crippen MR) is 101 cm³/mol. The van der Waals surface area contributed by atoms with Gasteiger partial charge in [-0.2, -0.15) is 0 Å². The van der Waals surface area contributed by atoms with Crippen molar-refractivity contribution in [2.45, 2.75) is 90.4 Å². The van der Waals surface area contributed by atoms with Gasteiger partial charge >= 0.3 is 17.1 Å². The molecule has 0 bridgehead atoms. The molecule has 5 heteroatoms. The lowest BCUT2D eigenvalue weighted by Gasteiger charge is -2.35. The van der Waals surface area contributed by atoms with Crippen molar-refractivity contribution in [3.63, 3.8) is 0 Å². The molecular formula is C18H38O3Si2. The van der Waals surface area contributed by atoms with Crippen LogP contribution in [0.2, 0.25) is 26.2 Å². The van der Waals surface area contributed by atoms with Crippen LogP contribution < -0.4 is 0 Å². The first kappa shape index (κ1) is 19.6. The van der Waals surface area contributed by atoms with Crippen molar-refractivity contribution in [2.75, 3.05) is 13.2 Å². The summed E-state index contributed by atoms with van der Waals surface area (Å²) in [5.74, 6) is 1.51. The maximum absolute atomic E-state index is 6.44. The van der Waals surface area contributed by atoms with Crippen molar-refractivity contribution in [3.8, 4) is 0 Å². The summed E-state index contributed by atoms with van der Waals surface area (Å²) in [7, 11) is -4.15. The highest BCUT2D eigenvalue weighted by Gasteiger charge is 2.37. The van der Waals surface area contributed by atoms with Crippen molar-refractivity contribution in [1.82, 2.24) is 0 Å². The van der Waals surface area contributed by atoms with E-state index in [-0.39, 0.29) is 0 Å². The highest BCUT2D eigenvalue weighted by Crippen LogP contribution is 2.27. The zero-order valence-electron chi connectivity index (χ0n) is 15.9. The second-order valence-electron chi connectivity index (χ2n) is 8.53. The maximum Gasteiger partial charge on any atom is 0.322 e. The van der Waals surface area contributed by atoms with Crippen molar-refractivity contribution in [1.29, 1.82) is 0 Å². The third-order valence-electron chi connectivity index (χ3n) is 5.27. The Bertz CT molecular complexity index is 303. The van der Waals surface area contributed by atoms with Gasteiger partial charge in [0.25, 0.3) is 0 Å². The van der Waals surface area contributed by atoms with Gasteiger partial charge in [-0.3, -0.25) is 0 Å². The molecule has 0 radical (unpaired) electrons. The first-order valence-electron chi connectivity index (χ1n) is 9.84. The highest BCUT2D eigenvalue weighted by molar-refractivity contribution is 6.78. The van der Waals surface area contributed by atoms with Crippen molar-refractivity contribution >= 4 is 17.1 Å². The molecule has 0 aliphatic heterocycles. The minimum absolute atomic E-state index is 0.757. The summed E-state index contributed by atoms with van der Waals surface area (Å²) >= 11 is 0. The average molecular weight is 359 g/mol. The molecule has 2 aliphatic carbocycles. The van der Waals surface area contributed by atoms with Gasteiger partial charge in [0.2, 0.25) is 0 Å². The van der Waals surface area contributed by atoms with Crippen LogP contribution in [0.4, 0.5) is 0 Å². The fraction of sp³-hybridized carbons (Fsp3) is 1.00. The first-order valence-corrected chi connectivity index (χ1v) is 15.5. The summed E-state index contributed by atoms with van der Waals surface area (Å²) < 4.78 is 19.0. The second-order valence-corrected chi connectivity index (χ2v) is 15.5. The van der Waals surface area contributed by atoms with Gasteiger partial charge < -0.3 is 13.0 Å². The summed E-state index contributed by atoms with van der Waals surface area (Å²) in [5, 5.41) is 0. The van der Waals surface area contributed by atoms with Crippen molar-refractivity contribution in [2.24, 2.45) is 11.8 Å². The Morgan fingerprint density at radius 1 is 0.609 bits per heavy atom. The SMILES string of the molecule is C[Si](C)(OCC1CCCCC1)O[Si](C)(C)OCC1CCCCC1. The normalized spacial score (nSPS) is 22.4. The zero-order valence-corrected chi connectivity index (χ0v) is 17.9. The zero-order chi connectivity index (χ0) is 16.8. The number of hydrogen-bond donors (Lipinski definition) is 0. The highest BCUT2D eigenvalue weighted by atomic mass is 28.5. The molecule has 2 fully saturated rings. The van der Waals surface area contributed by atoms with E-state index in [1.54, 1.807) is 0 Å². The summed E-state index contributed by atoms with van der Waals surface area (Å²) in [6, 6.07) is 0. The largest absolute Gasteiger partial charge is 0.415 e. The monoisotopic (exact) mass is 358 g/mol. The van der Waals surface area contributed by atoms with Gasteiger partial charge in [-0.15, -0.1) is 0 Å². The Morgan fingerprint density at radius 2 is 0.957 bits per heavy atom. The van der Waals surface area contributed by atoms with Crippen LogP contribution in [0, 0.1) is 11.8 Å². The Hall–Kier alpha value is 0.314. The molecule has 0 aromatic rings. The Morgan fingerprint density at radius 3 is 1.30 bits per heavy atom. The van der Waals surface area contributed by atoms with Crippen LogP contribution in [0.1, 0.15) is 64.2 Å². The molecule has 0 spiro atoms. The standard InChI is InChI=1S/C18H38O3Si2/c1-22(2,19-15-17-11-7-5-8-12-17)21-23(3,4)20-16-18-13-9-6-10-14-18/h17-18H,5-16H2,1-4H3. The van der Waals surface area contributed by atoms with E-state index < -0.39 is 17.1 Å². The average Bonchev–Trinajstić information content (AvgIpc) is 2.52. The molecule has 136 valence electrons. The summed E-state index contributed by atoms with van der Waals surface area (Å²) in [4.78, 5) is 0. The molecule has 3 nitrogen and oxygen atoms in total. The summed E-state index contributed by atoms with van der Waals surface area (Å²) in [6.45, 7) is 10.5. The van der Waals surface area contributed by atoms with E-state index in [2.05, 4.69) is 26.2 Å². The fourth-order valence-electron chi connectivity index (χ4n) is 4.00. The van der Waals surface area contributed by atoms with Crippen LogP contribution in [-0.4, -0.2) is 30.3 Å². The van der Waals surface area contributed by atoms with Gasteiger partial charge in [0.05, 0.1) is 0 Å². The van der Waals surface area contributed by atoms with Crippen LogP contribution in [-0.2, 0) is 13.0 Å². The summed E-state index contributed by atoms with van der Waals surface area (Å²) in [5.41, 5.74) is 0. The molecule has 0 unspecified atom stereocenters. The first-order chi connectivity index (χ1) is 10.9. The van der Waals surface area contributed by atoms with Gasteiger partial charge in [-0.05, 0) is 63.7 Å². The van der Waals surface area contributed by atoms with E-state index in [1.807, 2.05) is 0 Å². The molecule has 23 heavy (non-hydrogen) atoms. The molecule has 0 amide bonds. The molecule has 0 N–H and O–H groups in total. The van der Waals surface area contributed by atoms with Gasteiger partial charge in [0, 0.05) is 13.2 Å². The molecule has 2 saturated carbocycles. The number of rotatable bonds is 8. The smallest absolute Gasteiger partial charge is 0.322 e. The quantitative estimate of drug-likeness (QED) is 0.528. The van der Waals surface area contributed by atoms with Gasteiger partial charge in [0.1, 0.15) is 0 Å². The van der Waals surface area contributed by atoms with Gasteiger partial charge in [-0.1, -0.05) is 38.5 Å². The second kappa shape index (κ2) is 9.13. The van der Waals surface area contributed by atoms with Crippen LogP contribution in [0.15, 0.2) is 0 Å². The van der Waals surface area contributed by atoms with E-state index in [0.717, 1.165) is 25.0 Å². The molecular weight excluding hydrogens is 320 g/mol. The molecule has 0 saturated heterocycles. The lowest BCUT2D eigenvalue weighted by atomic mass is 9.90. The van der Waals surface area contributed by atoms with Crippen molar-refractivity contribution in [3.05, 3.63) is 0 Å². The van der Waals surface area contributed by atoms with Crippen LogP contribution in [0.3, 0.4) is 0 Å². The third-order valence-corrected chi connectivity index (χ3v) is 10.9. The predicted octanol–water partition coefficient (Wildman–Crippen LogP) is 5.60. The van der Waals surface area contributed by atoms with Gasteiger partial charge in [-0.25, -0.2) is 0 Å². The van der Waals surface area contributed by atoms with Crippen LogP contribution in [0.5, 0.6) is 0 Å². The molecule has 0 atom stereocenters. The van der Waals surface area contributed by atoms with Crippen LogP contribution in [0.25, 0.3) is 0 Å². The minimum atomic E-state index is -2.07. The van der Waals surface area contributed by atoms with Crippen molar-refractivity contribution < 1.29 is 13.0 Å². The lowest BCUT2D eigenvalue weighted by Crippen LogP contribution is -2.49. The van der Waals surface area contributed by atoms with E-state index >= 15 is 0 Å².